The first-order valence-electron chi connectivity index (χ1n) is 5.84. The highest BCUT2D eigenvalue weighted by Gasteiger charge is 2.31. The van der Waals surface area contributed by atoms with E-state index < -0.39 is 25.1 Å². The van der Waals surface area contributed by atoms with E-state index in [1.165, 1.54) is 0 Å². The van der Waals surface area contributed by atoms with Crippen LogP contribution < -0.4 is 10.5 Å². The Kier molecular flexibility index (Phi) is 5.99. The topological polar surface area (TPSA) is 116 Å². The molecule has 0 aromatic heterocycles. The molecule has 0 aliphatic carbocycles. The number of nitrogens with one attached hydrogen (secondary N) is 1. The second-order valence-corrected chi connectivity index (χ2v) is 8.53. The summed E-state index contributed by atoms with van der Waals surface area (Å²) < 4.78 is 53.4. The zero-order chi connectivity index (χ0) is 13.6. The Morgan fingerprint density at radius 2 is 2.06 bits per heavy atom. The molecule has 1 aliphatic rings. The highest BCUT2D eigenvalue weighted by atomic mass is 32.2. The van der Waals surface area contributed by atoms with E-state index in [9.17, 15) is 16.8 Å². The highest BCUT2D eigenvalue weighted by molar-refractivity contribution is 7.92. The zero-order valence-electron chi connectivity index (χ0n) is 10.2. The fourth-order valence-corrected chi connectivity index (χ4v) is 4.54. The summed E-state index contributed by atoms with van der Waals surface area (Å²) in [7, 11) is -6.59. The van der Waals surface area contributed by atoms with Crippen molar-refractivity contribution >= 4 is 19.9 Å². The highest BCUT2D eigenvalue weighted by Crippen LogP contribution is 2.19. The molecule has 0 aromatic carbocycles. The third-order valence-corrected chi connectivity index (χ3v) is 6.34. The van der Waals surface area contributed by atoms with Gasteiger partial charge in [0, 0.05) is 13.1 Å². The smallest absolute Gasteiger partial charge is 0.213 e. The van der Waals surface area contributed by atoms with E-state index in [2.05, 4.69) is 4.72 Å². The summed E-state index contributed by atoms with van der Waals surface area (Å²) in [6, 6.07) is 0. The van der Waals surface area contributed by atoms with Gasteiger partial charge in [-0.05, 0) is 12.8 Å². The van der Waals surface area contributed by atoms with Crippen molar-refractivity contribution in [3.63, 3.8) is 0 Å². The van der Waals surface area contributed by atoms with Crippen molar-refractivity contribution < 1.29 is 21.6 Å². The third kappa shape index (κ3) is 5.19. The van der Waals surface area contributed by atoms with Crippen molar-refractivity contribution in [2.24, 2.45) is 5.73 Å². The molecule has 1 aliphatic heterocycles. The average Bonchev–Trinajstić information content (AvgIpc) is 2.61. The van der Waals surface area contributed by atoms with Crippen LogP contribution >= 0.6 is 0 Å². The summed E-state index contributed by atoms with van der Waals surface area (Å²) in [4.78, 5) is 0. The van der Waals surface area contributed by atoms with Crippen LogP contribution in [0.3, 0.4) is 0 Å². The van der Waals surface area contributed by atoms with E-state index >= 15 is 0 Å². The summed E-state index contributed by atoms with van der Waals surface area (Å²) in [5.74, 6) is -0.0290. The molecule has 1 unspecified atom stereocenters. The second kappa shape index (κ2) is 6.80. The van der Waals surface area contributed by atoms with Crippen LogP contribution in [0.5, 0.6) is 0 Å². The Bertz CT molecular complexity index is 446. The molecule has 0 aromatic rings. The molecule has 0 spiro atoms. The largest absolute Gasteiger partial charge is 0.379 e. The van der Waals surface area contributed by atoms with Gasteiger partial charge in [0.25, 0.3) is 0 Å². The third-order valence-electron chi connectivity index (χ3n) is 2.75. The van der Waals surface area contributed by atoms with Crippen LogP contribution in [0.1, 0.15) is 12.8 Å². The molecule has 1 heterocycles. The van der Waals surface area contributed by atoms with E-state index in [-0.39, 0.29) is 24.7 Å². The molecule has 1 saturated heterocycles. The molecule has 0 bridgehead atoms. The van der Waals surface area contributed by atoms with E-state index in [0.29, 0.717) is 26.0 Å². The Morgan fingerprint density at radius 3 is 2.61 bits per heavy atom. The quantitative estimate of drug-likeness (QED) is 0.525. The first-order valence-corrected chi connectivity index (χ1v) is 9.21. The lowest BCUT2D eigenvalue weighted by molar-refractivity contribution is 0.156. The molecular formula is C9H20N2O5S2. The van der Waals surface area contributed by atoms with Gasteiger partial charge in [-0.15, -0.1) is 0 Å². The van der Waals surface area contributed by atoms with Crippen LogP contribution in [0, 0.1) is 0 Å². The van der Waals surface area contributed by atoms with Crippen molar-refractivity contribution in [3.05, 3.63) is 0 Å². The number of ether oxygens (including phenoxy) is 1. The number of hydrogen-bond donors (Lipinski definition) is 2. The van der Waals surface area contributed by atoms with Crippen molar-refractivity contribution in [3.8, 4) is 0 Å². The van der Waals surface area contributed by atoms with E-state index in [1.54, 1.807) is 0 Å². The fourth-order valence-electron chi connectivity index (χ4n) is 1.73. The van der Waals surface area contributed by atoms with Crippen LogP contribution in [-0.2, 0) is 24.6 Å². The maximum atomic E-state index is 11.5. The molecule has 9 heteroatoms. The fraction of sp³-hybridized carbons (Fsp3) is 1.00. The summed E-state index contributed by atoms with van der Waals surface area (Å²) in [5.41, 5.74) is 5.19. The second-order valence-electron chi connectivity index (χ2n) is 4.20. The van der Waals surface area contributed by atoms with Gasteiger partial charge in [-0.3, -0.25) is 0 Å². The lowest BCUT2D eigenvalue weighted by Gasteiger charge is -2.11. The molecule has 7 nitrogen and oxygen atoms in total. The minimum atomic E-state index is -3.48. The number of sulfonamides is 1. The Labute approximate surface area is 108 Å². The van der Waals surface area contributed by atoms with Crippen molar-refractivity contribution in [1.29, 1.82) is 0 Å². The minimum Gasteiger partial charge on any atom is -0.379 e. The predicted octanol–water partition coefficient (Wildman–Crippen LogP) is -1.54. The van der Waals surface area contributed by atoms with Crippen LogP contribution in [-0.4, -0.2) is 59.9 Å². The van der Waals surface area contributed by atoms with Crippen LogP contribution in [0.4, 0.5) is 0 Å². The lowest BCUT2D eigenvalue weighted by atomic mass is 10.2. The molecule has 1 fully saturated rings. The molecular weight excluding hydrogens is 280 g/mol. The summed E-state index contributed by atoms with van der Waals surface area (Å²) in [6.45, 7) is 0.672. The van der Waals surface area contributed by atoms with Gasteiger partial charge in [0.1, 0.15) is 0 Å². The molecule has 1 rings (SSSR count). The molecule has 1 atom stereocenters. The van der Waals surface area contributed by atoms with Crippen molar-refractivity contribution in [2.45, 2.75) is 18.1 Å². The SMILES string of the molecule is NCCOCCS(=O)(=O)NCC1CCCS1(=O)=O. The maximum absolute atomic E-state index is 11.5. The van der Waals surface area contributed by atoms with Gasteiger partial charge in [0.2, 0.25) is 10.0 Å². The summed E-state index contributed by atoms with van der Waals surface area (Å²) in [6.07, 6.45) is 1.13. The summed E-state index contributed by atoms with van der Waals surface area (Å²) in [5, 5.41) is -0.586. The van der Waals surface area contributed by atoms with Crippen LogP contribution in [0.25, 0.3) is 0 Å². The Hall–Kier alpha value is -0.220. The maximum Gasteiger partial charge on any atom is 0.213 e. The van der Waals surface area contributed by atoms with E-state index in [4.69, 9.17) is 10.5 Å². The Balaban J connectivity index is 2.33. The zero-order valence-corrected chi connectivity index (χ0v) is 11.8. The Morgan fingerprint density at radius 1 is 1.33 bits per heavy atom. The normalized spacial score (nSPS) is 23.3. The van der Waals surface area contributed by atoms with Gasteiger partial charge in [0.05, 0.1) is 30.0 Å². The van der Waals surface area contributed by atoms with E-state index in [0.717, 1.165) is 0 Å². The molecule has 0 amide bonds. The molecule has 108 valence electrons. The number of hydrogen-bond acceptors (Lipinski definition) is 6. The van der Waals surface area contributed by atoms with Gasteiger partial charge in [-0.1, -0.05) is 0 Å². The molecule has 3 N–H and O–H groups in total. The van der Waals surface area contributed by atoms with Gasteiger partial charge in [-0.2, -0.15) is 0 Å². The predicted molar refractivity (Wildman–Crippen MR) is 68.5 cm³/mol. The summed E-state index contributed by atoms with van der Waals surface area (Å²) >= 11 is 0. The lowest BCUT2D eigenvalue weighted by Crippen LogP contribution is -2.36. The van der Waals surface area contributed by atoms with E-state index in [1.807, 2.05) is 0 Å². The monoisotopic (exact) mass is 300 g/mol. The number of sulfone groups is 1. The van der Waals surface area contributed by atoms with Crippen molar-refractivity contribution in [1.82, 2.24) is 4.72 Å². The van der Waals surface area contributed by atoms with Crippen LogP contribution in [0.2, 0.25) is 0 Å². The molecule has 18 heavy (non-hydrogen) atoms. The van der Waals surface area contributed by atoms with Gasteiger partial charge >= 0.3 is 0 Å². The first-order chi connectivity index (χ1) is 8.37. The molecule has 0 radical (unpaired) electrons. The molecule has 0 saturated carbocycles. The minimum absolute atomic E-state index is 0.0401. The van der Waals surface area contributed by atoms with Gasteiger partial charge < -0.3 is 10.5 Å². The van der Waals surface area contributed by atoms with Crippen molar-refractivity contribution in [2.75, 3.05) is 37.8 Å². The van der Waals surface area contributed by atoms with Gasteiger partial charge in [0.15, 0.2) is 9.84 Å². The number of nitrogens with two attached hydrogens (primary N) is 1. The standard InChI is InChI=1S/C9H20N2O5S2/c10-3-4-16-5-7-18(14,15)11-8-9-2-1-6-17(9,12)13/h9,11H,1-8,10H2. The van der Waals surface area contributed by atoms with Gasteiger partial charge in [-0.25, -0.2) is 21.6 Å². The average molecular weight is 300 g/mol. The number of rotatable bonds is 8. The first kappa shape index (κ1) is 15.8. The van der Waals surface area contributed by atoms with Crippen LogP contribution in [0.15, 0.2) is 0 Å².